The largest absolute Gasteiger partial charge is 0.277 e. The topological polar surface area (TPSA) is 12.5 Å². The summed E-state index contributed by atoms with van der Waals surface area (Å²) in [6.45, 7) is 1.03. The number of hydrogen-bond acceptors (Lipinski definition) is 2. The molecular formula is C6H11NO. The Morgan fingerprint density at radius 1 is 1.62 bits per heavy atom. The van der Waals surface area contributed by atoms with Crippen LogP contribution in [0.5, 0.6) is 0 Å². The van der Waals surface area contributed by atoms with Gasteiger partial charge < -0.3 is 0 Å². The lowest BCUT2D eigenvalue weighted by molar-refractivity contribution is -0.0912. The molecule has 0 saturated heterocycles. The highest BCUT2D eigenvalue weighted by molar-refractivity contribution is 4.83. The van der Waals surface area contributed by atoms with Crippen molar-refractivity contribution in [1.82, 2.24) is 5.06 Å². The van der Waals surface area contributed by atoms with Gasteiger partial charge in [0.15, 0.2) is 0 Å². The van der Waals surface area contributed by atoms with E-state index in [4.69, 9.17) is 4.84 Å². The first kappa shape index (κ1) is 5.63. The summed E-state index contributed by atoms with van der Waals surface area (Å²) >= 11 is 0. The fourth-order valence-electron chi connectivity index (χ4n) is 0.784. The zero-order chi connectivity index (χ0) is 5.82. The highest BCUT2D eigenvalue weighted by atomic mass is 16.7. The first-order valence-electron chi connectivity index (χ1n) is 2.91. The van der Waals surface area contributed by atoms with Gasteiger partial charge in [-0.2, -0.15) is 0 Å². The monoisotopic (exact) mass is 113 g/mol. The predicted octanol–water partition coefficient (Wildman–Crippen LogP) is 1.16. The average molecular weight is 113 g/mol. The van der Waals surface area contributed by atoms with Gasteiger partial charge in [-0.1, -0.05) is 6.08 Å². The molecule has 0 bridgehead atoms. The molecule has 0 radical (unpaired) electrons. The minimum Gasteiger partial charge on any atom is -0.277 e. The summed E-state index contributed by atoms with van der Waals surface area (Å²) in [5.41, 5.74) is 0. The van der Waals surface area contributed by atoms with Gasteiger partial charge >= 0.3 is 0 Å². The maximum Gasteiger partial charge on any atom is 0.0638 e. The molecule has 0 fully saturated rings. The van der Waals surface area contributed by atoms with E-state index < -0.39 is 0 Å². The second-order valence-electron chi connectivity index (χ2n) is 1.85. The molecule has 0 atom stereocenters. The molecular weight excluding hydrogens is 102 g/mol. The van der Waals surface area contributed by atoms with Crippen LogP contribution in [0, 0.1) is 0 Å². The Hall–Kier alpha value is -0.500. The summed E-state index contributed by atoms with van der Waals surface area (Å²) in [7, 11) is 1.69. The van der Waals surface area contributed by atoms with Gasteiger partial charge in [0.1, 0.15) is 0 Å². The average Bonchev–Trinajstić information content (AvgIpc) is 1.90. The molecule has 1 heterocycles. The van der Waals surface area contributed by atoms with Crippen molar-refractivity contribution < 1.29 is 4.84 Å². The van der Waals surface area contributed by atoms with E-state index in [1.165, 1.54) is 12.8 Å². The van der Waals surface area contributed by atoms with E-state index in [-0.39, 0.29) is 0 Å². The fourth-order valence-corrected chi connectivity index (χ4v) is 0.784. The zero-order valence-electron chi connectivity index (χ0n) is 5.13. The normalized spacial score (nSPS) is 19.4. The molecule has 46 valence electrons. The molecule has 0 aromatic rings. The Bertz CT molecular complexity index is 90.5. The van der Waals surface area contributed by atoms with Crippen LogP contribution in [-0.4, -0.2) is 18.7 Å². The van der Waals surface area contributed by atoms with E-state index in [9.17, 15) is 0 Å². The summed E-state index contributed by atoms with van der Waals surface area (Å²) < 4.78 is 0. The van der Waals surface area contributed by atoms with Crippen LogP contribution in [0.1, 0.15) is 12.8 Å². The highest BCUT2D eigenvalue weighted by Crippen LogP contribution is 2.03. The van der Waals surface area contributed by atoms with Crippen LogP contribution in [-0.2, 0) is 4.84 Å². The molecule has 1 aliphatic rings. The van der Waals surface area contributed by atoms with Gasteiger partial charge in [0.2, 0.25) is 0 Å². The lowest BCUT2D eigenvalue weighted by Gasteiger charge is -2.19. The molecule has 0 N–H and O–H groups in total. The summed E-state index contributed by atoms with van der Waals surface area (Å²) in [5, 5.41) is 1.84. The Kier molecular flexibility index (Phi) is 1.92. The standard InChI is InChI=1S/C6H11NO/c1-8-7-5-3-2-4-6-7/h3,5H,2,4,6H2,1H3. The molecule has 8 heavy (non-hydrogen) atoms. The van der Waals surface area contributed by atoms with Crippen molar-refractivity contribution in [1.29, 1.82) is 0 Å². The van der Waals surface area contributed by atoms with E-state index in [2.05, 4.69) is 6.08 Å². The summed E-state index contributed by atoms with van der Waals surface area (Å²) in [6.07, 6.45) is 6.50. The lowest BCUT2D eigenvalue weighted by Crippen LogP contribution is -2.18. The van der Waals surface area contributed by atoms with Crippen molar-refractivity contribution >= 4 is 0 Å². The molecule has 0 unspecified atom stereocenters. The minimum absolute atomic E-state index is 1.03. The molecule has 0 aliphatic carbocycles. The maximum absolute atomic E-state index is 4.94. The molecule has 0 amide bonds. The Labute approximate surface area is 49.7 Å². The van der Waals surface area contributed by atoms with Crippen LogP contribution in [0.2, 0.25) is 0 Å². The third-order valence-corrected chi connectivity index (χ3v) is 1.26. The minimum atomic E-state index is 1.03. The van der Waals surface area contributed by atoms with Crippen molar-refractivity contribution in [2.24, 2.45) is 0 Å². The lowest BCUT2D eigenvalue weighted by atomic mass is 10.2. The molecule has 1 aliphatic heterocycles. The quantitative estimate of drug-likeness (QED) is 0.506. The maximum atomic E-state index is 4.94. The molecule has 1 rings (SSSR count). The van der Waals surface area contributed by atoms with Gasteiger partial charge in [-0.25, -0.2) is 0 Å². The SMILES string of the molecule is CON1C=CCCC1. The molecule has 2 heteroatoms. The fraction of sp³-hybridized carbons (Fsp3) is 0.667. The van der Waals surface area contributed by atoms with Gasteiger partial charge in [0, 0.05) is 12.7 Å². The Morgan fingerprint density at radius 2 is 2.50 bits per heavy atom. The number of nitrogens with zero attached hydrogens (tertiary/aromatic N) is 1. The van der Waals surface area contributed by atoms with Crippen molar-refractivity contribution in [2.75, 3.05) is 13.7 Å². The Balaban J connectivity index is 2.32. The molecule has 0 aromatic carbocycles. The first-order chi connectivity index (χ1) is 3.93. The van der Waals surface area contributed by atoms with E-state index >= 15 is 0 Å². The predicted molar refractivity (Wildman–Crippen MR) is 32.1 cm³/mol. The second-order valence-corrected chi connectivity index (χ2v) is 1.85. The van der Waals surface area contributed by atoms with Crippen LogP contribution < -0.4 is 0 Å². The van der Waals surface area contributed by atoms with E-state index in [1.54, 1.807) is 7.11 Å². The van der Waals surface area contributed by atoms with E-state index in [0.29, 0.717) is 0 Å². The highest BCUT2D eigenvalue weighted by Gasteiger charge is 1.98. The smallest absolute Gasteiger partial charge is 0.0638 e. The third-order valence-electron chi connectivity index (χ3n) is 1.26. The molecule has 0 saturated carbocycles. The molecule has 0 spiro atoms. The van der Waals surface area contributed by atoms with Gasteiger partial charge in [0.25, 0.3) is 0 Å². The van der Waals surface area contributed by atoms with E-state index in [1.807, 2.05) is 11.3 Å². The number of hydroxylamine groups is 2. The number of allylic oxidation sites excluding steroid dienone is 1. The zero-order valence-corrected chi connectivity index (χ0v) is 5.13. The van der Waals surface area contributed by atoms with Crippen LogP contribution in [0.3, 0.4) is 0 Å². The second kappa shape index (κ2) is 2.72. The van der Waals surface area contributed by atoms with Gasteiger partial charge in [-0.05, 0) is 12.8 Å². The first-order valence-corrected chi connectivity index (χ1v) is 2.91. The third kappa shape index (κ3) is 1.23. The van der Waals surface area contributed by atoms with Crippen molar-refractivity contribution in [3.05, 3.63) is 12.3 Å². The van der Waals surface area contributed by atoms with Crippen LogP contribution >= 0.6 is 0 Å². The number of hydrogen-bond donors (Lipinski definition) is 0. The molecule has 2 nitrogen and oxygen atoms in total. The van der Waals surface area contributed by atoms with Crippen molar-refractivity contribution in [2.45, 2.75) is 12.8 Å². The summed E-state index contributed by atoms with van der Waals surface area (Å²) in [4.78, 5) is 4.94. The van der Waals surface area contributed by atoms with Gasteiger partial charge in [-0.3, -0.25) is 9.90 Å². The summed E-state index contributed by atoms with van der Waals surface area (Å²) in [6, 6.07) is 0. The molecule has 0 aromatic heterocycles. The van der Waals surface area contributed by atoms with Crippen molar-refractivity contribution in [3.63, 3.8) is 0 Å². The summed E-state index contributed by atoms with van der Waals surface area (Å²) in [5.74, 6) is 0. The van der Waals surface area contributed by atoms with Gasteiger partial charge in [-0.15, -0.1) is 0 Å². The number of rotatable bonds is 1. The van der Waals surface area contributed by atoms with Crippen LogP contribution in [0.15, 0.2) is 12.3 Å². The van der Waals surface area contributed by atoms with Gasteiger partial charge in [0.05, 0.1) is 7.11 Å². The van der Waals surface area contributed by atoms with Crippen molar-refractivity contribution in [3.8, 4) is 0 Å². The Morgan fingerprint density at radius 3 is 2.88 bits per heavy atom. The van der Waals surface area contributed by atoms with Crippen LogP contribution in [0.25, 0.3) is 0 Å². The van der Waals surface area contributed by atoms with E-state index in [0.717, 1.165) is 6.54 Å². The van der Waals surface area contributed by atoms with Crippen LogP contribution in [0.4, 0.5) is 0 Å².